The summed E-state index contributed by atoms with van der Waals surface area (Å²) in [4.78, 5) is 0. The van der Waals surface area contributed by atoms with Gasteiger partial charge in [0.15, 0.2) is 0 Å². The number of allylic oxidation sites excluding steroid dienone is 7. The van der Waals surface area contributed by atoms with Crippen molar-refractivity contribution in [2.75, 3.05) is 6.54 Å². The van der Waals surface area contributed by atoms with Gasteiger partial charge < -0.3 is 5.73 Å². The number of hydrogen-bond acceptors (Lipinski definition) is 1. The normalized spacial score (nSPS) is 13.5. The third-order valence-electron chi connectivity index (χ3n) is 3.62. The van der Waals surface area contributed by atoms with Crippen LogP contribution >= 0.6 is 0 Å². The lowest BCUT2D eigenvalue weighted by molar-refractivity contribution is 0.898. The first-order chi connectivity index (χ1) is 9.95. The van der Waals surface area contributed by atoms with Gasteiger partial charge in [0.25, 0.3) is 0 Å². The maximum absolute atomic E-state index is 5.50. The van der Waals surface area contributed by atoms with E-state index < -0.39 is 0 Å². The highest BCUT2D eigenvalue weighted by molar-refractivity contribution is 5.07. The Bertz CT molecular complexity index is 390. The van der Waals surface area contributed by atoms with E-state index in [0.717, 1.165) is 12.8 Å². The summed E-state index contributed by atoms with van der Waals surface area (Å²) in [6, 6.07) is 0. The van der Waals surface area contributed by atoms with Crippen LogP contribution in [0.4, 0.5) is 0 Å². The molecule has 0 heterocycles. The summed E-state index contributed by atoms with van der Waals surface area (Å²) in [6.07, 6.45) is 16.2. The molecule has 21 heavy (non-hydrogen) atoms. The van der Waals surface area contributed by atoms with Crippen LogP contribution in [0.25, 0.3) is 0 Å². The van der Waals surface area contributed by atoms with Gasteiger partial charge in [-0.15, -0.1) is 0 Å². The molecule has 1 nitrogen and oxygen atoms in total. The zero-order valence-corrected chi connectivity index (χ0v) is 14.8. The Hall–Kier alpha value is -1.08. The number of nitrogens with two attached hydrogens (primary N) is 1. The molecule has 0 aromatic rings. The van der Waals surface area contributed by atoms with E-state index in [-0.39, 0.29) is 0 Å². The quantitative estimate of drug-likeness (QED) is 0.484. The molecule has 0 atom stereocenters. The van der Waals surface area contributed by atoms with Crippen LogP contribution in [0.2, 0.25) is 0 Å². The minimum Gasteiger partial charge on any atom is -0.327 e. The van der Waals surface area contributed by atoms with Crippen LogP contribution in [0, 0.1) is 0 Å². The van der Waals surface area contributed by atoms with E-state index in [2.05, 4.69) is 58.9 Å². The van der Waals surface area contributed by atoms with Crippen LogP contribution in [0.1, 0.15) is 73.1 Å². The molecule has 0 spiro atoms. The molecule has 0 saturated heterocycles. The SMILES string of the molecule is CC(C)=CCC/C(C)=C/CC/C(C)=C/CC/C(C)=C/CN. The minimum absolute atomic E-state index is 0.658. The van der Waals surface area contributed by atoms with Crippen LogP contribution in [-0.4, -0.2) is 6.54 Å². The second-order valence-corrected chi connectivity index (χ2v) is 6.28. The first-order valence-electron chi connectivity index (χ1n) is 8.26. The molecule has 120 valence electrons. The average molecular weight is 290 g/mol. The Morgan fingerprint density at radius 3 is 1.38 bits per heavy atom. The van der Waals surface area contributed by atoms with Gasteiger partial charge in [-0.25, -0.2) is 0 Å². The maximum Gasteiger partial charge on any atom is 0.0109 e. The summed E-state index contributed by atoms with van der Waals surface area (Å²) in [5.74, 6) is 0. The lowest BCUT2D eigenvalue weighted by Crippen LogP contribution is -1.94. The van der Waals surface area contributed by atoms with Crippen LogP contribution in [0.15, 0.2) is 46.6 Å². The molecule has 0 rings (SSSR count). The van der Waals surface area contributed by atoms with Gasteiger partial charge in [-0.3, -0.25) is 0 Å². The molecule has 0 bridgehead atoms. The van der Waals surface area contributed by atoms with Crippen LogP contribution in [0.5, 0.6) is 0 Å². The Balaban J connectivity index is 3.93. The van der Waals surface area contributed by atoms with Crippen molar-refractivity contribution in [3.8, 4) is 0 Å². The highest BCUT2D eigenvalue weighted by atomic mass is 14.5. The van der Waals surface area contributed by atoms with E-state index in [4.69, 9.17) is 5.73 Å². The molecule has 0 aromatic carbocycles. The Morgan fingerprint density at radius 1 is 0.619 bits per heavy atom. The Labute approximate surface area is 132 Å². The predicted molar refractivity (Wildman–Crippen MR) is 97.5 cm³/mol. The average Bonchev–Trinajstić information content (AvgIpc) is 2.38. The van der Waals surface area contributed by atoms with Crippen molar-refractivity contribution >= 4 is 0 Å². The fourth-order valence-electron chi connectivity index (χ4n) is 2.19. The molecule has 0 saturated carbocycles. The van der Waals surface area contributed by atoms with Crippen molar-refractivity contribution < 1.29 is 0 Å². The summed E-state index contributed by atoms with van der Waals surface area (Å²) in [5.41, 5.74) is 11.3. The first kappa shape index (κ1) is 19.9. The van der Waals surface area contributed by atoms with E-state index >= 15 is 0 Å². The lowest BCUT2D eigenvalue weighted by Gasteiger charge is -2.02. The second-order valence-electron chi connectivity index (χ2n) is 6.28. The molecule has 0 radical (unpaired) electrons. The van der Waals surface area contributed by atoms with Gasteiger partial charge in [0.05, 0.1) is 0 Å². The Kier molecular flexibility index (Phi) is 12.0. The molecule has 1 heteroatoms. The van der Waals surface area contributed by atoms with Gasteiger partial charge in [0.1, 0.15) is 0 Å². The first-order valence-corrected chi connectivity index (χ1v) is 8.26. The fourth-order valence-corrected chi connectivity index (χ4v) is 2.19. The summed E-state index contributed by atoms with van der Waals surface area (Å²) in [5, 5.41) is 0. The fraction of sp³-hybridized carbons (Fsp3) is 0.600. The molecule has 0 fully saturated rings. The predicted octanol–water partition coefficient (Wildman–Crippen LogP) is 6.09. The molecular weight excluding hydrogens is 254 g/mol. The third kappa shape index (κ3) is 13.7. The van der Waals surface area contributed by atoms with Crippen molar-refractivity contribution in [3.63, 3.8) is 0 Å². The molecule has 0 aliphatic heterocycles. The second kappa shape index (κ2) is 12.6. The summed E-state index contributed by atoms with van der Waals surface area (Å²) in [6.45, 7) is 11.6. The van der Waals surface area contributed by atoms with Gasteiger partial charge >= 0.3 is 0 Å². The third-order valence-corrected chi connectivity index (χ3v) is 3.62. The van der Waals surface area contributed by atoms with Gasteiger partial charge in [0.2, 0.25) is 0 Å². The largest absolute Gasteiger partial charge is 0.327 e. The van der Waals surface area contributed by atoms with E-state index in [1.54, 1.807) is 0 Å². The van der Waals surface area contributed by atoms with Crippen molar-refractivity contribution in [2.24, 2.45) is 5.73 Å². The van der Waals surface area contributed by atoms with E-state index in [1.165, 1.54) is 48.0 Å². The van der Waals surface area contributed by atoms with Crippen molar-refractivity contribution in [3.05, 3.63) is 46.6 Å². The summed E-state index contributed by atoms with van der Waals surface area (Å²) < 4.78 is 0. The van der Waals surface area contributed by atoms with E-state index in [1.807, 2.05) is 0 Å². The molecule has 0 unspecified atom stereocenters. The van der Waals surface area contributed by atoms with Gasteiger partial charge in [-0.1, -0.05) is 46.6 Å². The minimum atomic E-state index is 0.658. The van der Waals surface area contributed by atoms with Gasteiger partial charge in [-0.2, -0.15) is 0 Å². The zero-order valence-electron chi connectivity index (χ0n) is 14.8. The molecule has 2 N–H and O–H groups in total. The van der Waals surface area contributed by atoms with Crippen LogP contribution in [-0.2, 0) is 0 Å². The summed E-state index contributed by atoms with van der Waals surface area (Å²) in [7, 11) is 0. The maximum atomic E-state index is 5.50. The zero-order chi connectivity index (χ0) is 16.1. The molecule has 0 aliphatic rings. The van der Waals surface area contributed by atoms with Crippen molar-refractivity contribution in [1.29, 1.82) is 0 Å². The molecule has 0 amide bonds. The molecule has 0 aliphatic carbocycles. The highest BCUT2D eigenvalue weighted by Gasteiger charge is 1.93. The molecular formula is C20H35N. The van der Waals surface area contributed by atoms with Gasteiger partial charge in [0, 0.05) is 6.54 Å². The Morgan fingerprint density at radius 2 is 1.00 bits per heavy atom. The van der Waals surface area contributed by atoms with Crippen LogP contribution < -0.4 is 5.73 Å². The number of hydrogen-bond donors (Lipinski definition) is 1. The number of rotatable bonds is 10. The monoisotopic (exact) mass is 289 g/mol. The van der Waals surface area contributed by atoms with E-state index in [9.17, 15) is 0 Å². The van der Waals surface area contributed by atoms with E-state index in [0.29, 0.717) is 6.54 Å². The summed E-state index contributed by atoms with van der Waals surface area (Å²) >= 11 is 0. The smallest absolute Gasteiger partial charge is 0.0109 e. The van der Waals surface area contributed by atoms with Crippen LogP contribution in [0.3, 0.4) is 0 Å². The topological polar surface area (TPSA) is 26.0 Å². The van der Waals surface area contributed by atoms with Crippen molar-refractivity contribution in [2.45, 2.75) is 73.1 Å². The van der Waals surface area contributed by atoms with Gasteiger partial charge in [-0.05, 0) is 73.1 Å². The lowest BCUT2D eigenvalue weighted by atomic mass is 10.0. The highest BCUT2D eigenvalue weighted by Crippen LogP contribution is 2.13. The standard InChI is InChI=1S/C20H35N/c1-17(2)9-6-10-18(3)11-7-12-19(4)13-8-14-20(5)15-16-21/h9,11,13,15H,6-8,10,12,14,16,21H2,1-5H3/b18-11+,19-13+,20-15+. The van der Waals surface area contributed by atoms with Crippen molar-refractivity contribution in [1.82, 2.24) is 0 Å². The molecule has 0 aromatic heterocycles.